The van der Waals surface area contributed by atoms with E-state index in [1.165, 1.54) is 5.56 Å². The van der Waals surface area contributed by atoms with Gasteiger partial charge in [-0.2, -0.15) is 0 Å². The van der Waals surface area contributed by atoms with E-state index in [4.69, 9.17) is 0 Å². The maximum Gasteiger partial charge on any atom is 0.220 e. The van der Waals surface area contributed by atoms with Crippen molar-refractivity contribution in [1.82, 2.24) is 5.32 Å². The average Bonchev–Trinajstić information content (AvgIpc) is 2.27. The van der Waals surface area contributed by atoms with Crippen molar-refractivity contribution in [1.29, 1.82) is 0 Å². The quantitative estimate of drug-likeness (QED) is 0.810. The Kier molecular flexibility index (Phi) is 5.03. The third kappa shape index (κ3) is 4.47. The third-order valence-electron chi connectivity index (χ3n) is 2.87. The van der Waals surface area contributed by atoms with Gasteiger partial charge in [-0.05, 0) is 24.8 Å². The molecule has 1 unspecified atom stereocenters. The molecule has 1 atom stereocenters. The Labute approximate surface area is 98.1 Å². The molecule has 0 aliphatic rings. The van der Waals surface area contributed by atoms with E-state index >= 15 is 0 Å². The number of benzene rings is 1. The van der Waals surface area contributed by atoms with Crippen molar-refractivity contribution in [3.8, 4) is 0 Å². The molecule has 1 aromatic rings. The van der Waals surface area contributed by atoms with Crippen molar-refractivity contribution >= 4 is 5.91 Å². The van der Waals surface area contributed by atoms with Crippen LogP contribution in [-0.2, 0) is 11.2 Å². The van der Waals surface area contributed by atoms with Crippen LogP contribution in [0, 0.1) is 5.92 Å². The van der Waals surface area contributed by atoms with Gasteiger partial charge in [0.15, 0.2) is 0 Å². The van der Waals surface area contributed by atoms with Gasteiger partial charge in [-0.1, -0.05) is 44.2 Å². The second kappa shape index (κ2) is 6.31. The number of hydrogen-bond acceptors (Lipinski definition) is 1. The summed E-state index contributed by atoms with van der Waals surface area (Å²) in [7, 11) is 0. The molecule has 0 aliphatic heterocycles. The SMILES string of the molecule is CC(C)C(C)NC(=O)CCc1ccccc1. The number of rotatable bonds is 5. The van der Waals surface area contributed by atoms with E-state index < -0.39 is 0 Å². The number of aryl methyl sites for hydroxylation is 1. The van der Waals surface area contributed by atoms with Gasteiger partial charge in [0.1, 0.15) is 0 Å². The highest BCUT2D eigenvalue weighted by molar-refractivity contribution is 5.76. The molecule has 1 aromatic carbocycles. The van der Waals surface area contributed by atoms with Crippen LogP contribution in [0.15, 0.2) is 30.3 Å². The molecule has 88 valence electrons. The first-order valence-corrected chi connectivity index (χ1v) is 5.93. The van der Waals surface area contributed by atoms with Crippen LogP contribution in [0.2, 0.25) is 0 Å². The molecule has 2 nitrogen and oxygen atoms in total. The molecule has 0 bridgehead atoms. The van der Waals surface area contributed by atoms with Gasteiger partial charge in [0.05, 0.1) is 0 Å². The Morgan fingerprint density at radius 3 is 2.38 bits per heavy atom. The number of nitrogens with one attached hydrogen (secondary N) is 1. The van der Waals surface area contributed by atoms with Gasteiger partial charge in [-0.3, -0.25) is 4.79 Å². The minimum Gasteiger partial charge on any atom is -0.353 e. The fourth-order valence-corrected chi connectivity index (χ4v) is 1.40. The predicted molar refractivity (Wildman–Crippen MR) is 67.2 cm³/mol. The molecule has 0 radical (unpaired) electrons. The lowest BCUT2D eigenvalue weighted by Gasteiger charge is -2.17. The smallest absolute Gasteiger partial charge is 0.220 e. The summed E-state index contributed by atoms with van der Waals surface area (Å²) >= 11 is 0. The van der Waals surface area contributed by atoms with Gasteiger partial charge in [-0.25, -0.2) is 0 Å². The van der Waals surface area contributed by atoms with E-state index in [9.17, 15) is 4.79 Å². The summed E-state index contributed by atoms with van der Waals surface area (Å²) in [5, 5.41) is 3.01. The molecule has 0 spiro atoms. The molecule has 16 heavy (non-hydrogen) atoms. The van der Waals surface area contributed by atoms with Gasteiger partial charge in [0, 0.05) is 12.5 Å². The molecule has 0 fully saturated rings. The normalized spacial score (nSPS) is 12.5. The van der Waals surface area contributed by atoms with E-state index in [1.807, 2.05) is 25.1 Å². The van der Waals surface area contributed by atoms with Crippen molar-refractivity contribution in [3.05, 3.63) is 35.9 Å². The number of amides is 1. The van der Waals surface area contributed by atoms with Crippen LogP contribution in [0.4, 0.5) is 0 Å². The summed E-state index contributed by atoms with van der Waals surface area (Å²) in [6.07, 6.45) is 1.39. The first-order chi connectivity index (χ1) is 7.59. The molecule has 0 aliphatic carbocycles. The molecular weight excluding hydrogens is 198 g/mol. The van der Waals surface area contributed by atoms with E-state index in [0.717, 1.165) is 6.42 Å². The van der Waals surface area contributed by atoms with Crippen LogP contribution < -0.4 is 5.32 Å². The summed E-state index contributed by atoms with van der Waals surface area (Å²) in [4.78, 5) is 11.6. The molecular formula is C14H21NO. The summed E-state index contributed by atoms with van der Waals surface area (Å²) in [6.45, 7) is 6.27. The van der Waals surface area contributed by atoms with Crippen molar-refractivity contribution in [3.63, 3.8) is 0 Å². The zero-order chi connectivity index (χ0) is 12.0. The van der Waals surface area contributed by atoms with Crippen LogP contribution >= 0.6 is 0 Å². The summed E-state index contributed by atoms with van der Waals surface area (Å²) in [6, 6.07) is 10.4. The van der Waals surface area contributed by atoms with Crippen molar-refractivity contribution in [2.24, 2.45) is 5.92 Å². The number of hydrogen-bond donors (Lipinski definition) is 1. The maximum atomic E-state index is 11.6. The molecule has 0 saturated carbocycles. The Morgan fingerprint density at radius 2 is 1.81 bits per heavy atom. The molecule has 0 saturated heterocycles. The lowest BCUT2D eigenvalue weighted by Crippen LogP contribution is -2.36. The second-order valence-electron chi connectivity index (χ2n) is 4.59. The first-order valence-electron chi connectivity index (χ1n) is 5.93. The molecule has 2 heteroatoms. The van der Waals surface area contributed by atoms with Crippen LogP contribution in [0.5, 0.6) is 0 Å². The van der Waals surface area contributed by atoms with Crippen molar-refractivity contribution < 1.29 is 4.79 Å². The summed E-state index contributed by atoms with van der Waals surface area (Å²) < 4.78 is 0. The zero-order valence-electron chi connectivity index (χ0n) is 10.4. The highest BCUT2D eigenvalue weighted by Crippen LogP contribution is 2.04. The minimum atomic E-state index is 0.144. The zero-order valence-corrected chi connectivity index (χ0v) is 10.4. The average molecular weight is 219 g/mol. The van der Waals surface area contributed by atoms with Crippen LogP contribution in [0.25, 0.3) is 0 Å². The van der Waals surface area contributed by atoms with Gasteiger partial charge < -0.3 is 5.32 Å². The van der Waals surface area contributed by atoms with Crippen LogP contribution in [0.3, 0.4) is 0 Å². The number of carbonyl (C=O) groups excluding carboxylic acids is 1. The van der Waals surface area contributed by atoms with E-state index in [0.29, 0.717) is 12.3 Å². The molecule has 1 amide bonds. The topological polar surface area (TPSA) is 29.1 Å². The van der Waals surface area contributed by atoms with Gasteiger partial charge in [0.25, 0.3) is 0 Å². The van der Waals surface area contributed by atoms with E-state index in [2.05, 4.69) is 31.3 Å². The Bertz CT molecular complexity index is 319. The minimum absolute atomic E-state index is 0.144. The largest absolute Gasteiger partial charge is 0.353 e. The highest BCUT2D eigenvalue weighted by atomic mass is 16.1. The molecule has 0 heterocycles. The Balaban J connectivity index is 2.31. The third-order valence-corrected chi connectivity index (χ3v) is 2.87. The molecule has 1 rings (SSSR count). The maximum absolute atomic E-state index is 11.6. The Morgan fingerprint density at radius 1 is 1.19 bits per heavy atom. The van der Waals surface area contributed by atoms with E-state index in [-0.39, 0.29) is 11.9 Å². The predicted octanol–water partition coefficient (Wildman–Crippen LogP) is 2.78. The summed E-state index contributed by atoms with van der Waals surface area (Å²) in [5.41, 5.74) is 1.22. The summed E-state index contributed by atoms with van der Waals surface area (Å²) in [5.74, 6) is 0.630. The first kappa shape index (κ1) is 12.8. The second-order valence-corrected chi connectivity index (χ2v) is 4.59. The monoisotopic (exact) mass is 219 g/mol. The highest BCUT2D eigenvalue weighted by Gasteiger charge is 2.10. The standard InChI is InChI=1S/C14H21NO/c1-11(2)12(3)15-14(16)10-9-13-7-5-4-6-8-13/h4-8,11-12H,9-10H2,1-3H3,(H,15,16). The van der Waals surface area contributed by atoms with E-state index in [1.54, 1.807) is 0 Å². The van der Waals surface area contributed by atoms with Crippen molar-refractivity contribution in [2.75, 3.05) is 0 Å². The van der Waals surface area contributed by atoms with Crippen LogP contribution in [-0.4, -0.2) is 11.9 Å². The molecule has 1 N–H and O–H groups in total. The fraction of sp³-hybridized carbons (Fsp3) is 0.500. The van der Waals surface area contributed by atoms with Gasteiger partial charge in [-0.15, -0.1) is 0 Å². The van der Waals surface area contributed by atoms with Crippen LogP contribution in [0.1, 0.15) is 32.8 Å². The number of carbonyl (C=O) groups is 1. The van der Waals surface area contributed by atoms with Gasteiger partial charge in [0.2, 0.25) is 5.91 Å². The lowest BCUT2D eigenvalue weighted by atomic mass is 10.1. The van der Waals surface area contributed by atoms with Crippen molar-refractivity contribution in [2.45, 2.75) is 39.7 Å². The Hall–Kier alpha value is -1.31. The fourth-order valence-electron chi connectivity index (χ4n) is 1.40. The lowest BCUT2D eigenvalue weighted by molar-refractivity contribution is -0.121. The van der Waals surface area contributed by atoms with Gasteiger partial charge >= 0.3 is 0 Å². The molecule has 0 aromatic heterocycles.